The Balaban J connectivity index is 0.000000292. The number of nitrogens with one attached hydrogen (secondary N) is 1. The maximum atomic E-state index is 5.68. The van der Waals surface area contributed by atoms with Gasteiger partial charge in [0.05, 0.1) is 24.4 Å². The van der Waals surface area contributed by atoms with E-state index in [-0.39, 0.29) is 22.4 Å². The fourth-order valence-corrected chi connectivity index (χ4v) is 1.36. The summed E-state index contributed by atoms with van der Waals surface area (Å²) in [5.41, 5.74) is 0. The van der Waals surface area contributed by atoms with Crippen molar-refractivity contribution in [1.29, 1.82) is 0 Å². The van der Waals surface area contributed by atoms with E-state index < -0.39 is 0 Å². The first-order valence-corrected chi connectivity index (χ1v) is 5.47. The van der Waals surface area contributed by atoms with E-state index >= 15 is 0 Å². The summed E-state index contributed by atoms with van der Waals surface area (Å²) in [6, 6.07) is 1.79. The van der Waals surface area contributed by atoms with E-state index in [1.165, 1.54) is 0 Å². The van der Waals surface area contributed by atoms with Gasteiger partial charge in [-0.1, -0.05) is 0 Å². The molecule has 0 unspecified atom stereocenters. The molecule has 0 saturated heterocycles. The van der Waals surface area contributed by atoms with Gasteiger partial charge in [-0.15, -0.1) is 23.2 Å². The van der Waals surface area contributed by atoms with Crippen molar-refractivity contribution in [3.63, 3.8) is 0 Å². The van der Waals surface area contributed by atoms with Crippen LogP contribution in [0.2, 0.25) is 10.3 Å². The third-order valence-electron chi connectivity index (χ3n) is 1.64. The molecular formula is C9H10AuCl2N4S+. The molecule has 0 aromatic carbocycles. The first kappa shape index (κ1) is 16.8. The van der Waals surface area contributed by atoms with Crippen LogP contribution in [-0.2, 0) is 36.5 Å². The van der Waals surface area contributed by atoms with Gasteiger partial charge in [0, 0.05) is 12.4 Å². The van der Waals surface area contributed by atoms with Crippen LogP contribution < -0.4 is 4.57 Å². The van der Waals surface area contributed by atoms with Gasteiger partial charge in [-0.2, -0.15) is 0 Å². The van der Waals surface area contributed by atoms with Gasteiger partial charge in [-0.3, -0.25) is 0 Å². The van der Waals surface area contributed by atoms with E-state index in [4.69, 9.17) is 23.2 Å². The predicted molar refractivity (Wildman–Crippen MR) is 64.9 cm³/mol. The van der Waals surface area contributed by atoms with Crippen LogP contribution in [0.4, 0.5) is 0 Å². The summed E-state index contributed by atoms with van der Waals surface area (Å²) in [5, 5.41) is 1.03. The average Bonchev–Trinajstić information content (AvgIpc) is 2.48. The monoisotopic (exact) mass is 473 g/mol. The second-order valence-electron chi connectivity index (χ2n) is 2.89. The molecule has 0 saturated carbocycles. The van der Waals surface area contributed by atoms with E-state index in [2.05, 4.69) is 28.5 Å². The molecule has 1 N–H and O–H groups in total. The summed E-state index contributed by atoms with van der Waals surface area (Å²) in [7, 11) is 3.57. The number of halogens is 2. The summed E-state index contributed by atoms with van der Waals surface area (Å²) in [6.07, 6.45) is 6.24. The molecule has 0 atom stereocenters. The van der Waals surface area contributed by atoms with Crippen LogP contribution in [-0.4, -0.2) is 14.5 Å². The van der Waals surface area contributed by atoms with Gasteiger partial charge in [0.1, 0.15) is 0 Å². The molecule has 2 heterocycles. The van der Waals surface area contributed by atoms with Crippen LogP contribution in [0.1, 0.15) is 0 Å². The zero-order valence-electron chi connectivity index (χ0n) is 9.04. The first-order valence-electron chi connectivity index (χ1n) is 4.31. The fraction of sp³-hybridized carbons (Fsp3) is 0.222. The van der Waals surface area contributed by atoms with Gasteiger partial charge in [0.2, 0.25) is 6.33 Å². The van der Waals surface area contributed by atoms with Gasteiger partial charge < -0.3 is 14.1 Å². The van der Waals surface area contributed by atoms with Crippen LogP contribution in [0.15, 0.2) is 18.5 Å². The third kappa shape index (κ3) is 5.33. The van der Waals surface area contributed by atoms with Crippen molar-refractivity contribution in [3.8, 4) is 0 Å². The molecular weight excluding hydrogens is 464 g/mol. The Bertz CT molecular complexity index is 486. The number of aryl methyl sites for hydroxylation is 2. The predicted octanol–water partition coefficient (Wildman–Crippen LogP) is 2.09. The van der Waals surface area contributed by atoms with Crippen molar-refractivity contribution in [1.82, 2.24) is 14.5 Å². The van der Waals surface area contributed by atoms with Crippen molar-refractivity contribution >= 4 is 35.4 Å². The molecule has 4 nitrogen and oxygen atoms in total. The van der Waals surface area contributed by atoms with Crippen molar-refractivity contribution in [2.45, 2.75) is 0 Å². The summed E-state index contributed by atoms with van der Waals surface area (Å²) >= 11 is 16.0. The fourth-order valence-electron chi connectivity index (χ4n) is 0.900. The number of aromatic amines is 1. The van der Waals surface area contributed by atoms with Crippen LogP contribution in [0.5, 0.6) is 0 Å². The Kier molecular flexibility index (Phi) is 7.94. The summed E-state index contributed by atoms with van der Waals surface area (Å²) < 4.78 is 3.79. The zero-order chi connectivity index (χ0) is 12.1. The number of hydrogen-bond donors (Lipinski definition) is 1. The Morgan fingerprint density at radius 3 is 2.35 bits per heavy atom. The summed E-state index contributed by atoms with van der Waals surface area (Å²) in [4.78, 5) is 6.47. The standard InChI is InChI=1S/C5H6Cl2N2.C4H4N2S.Au/c1-8-3-9(2)5(7)4(8)6;7-4-5-2-1-3-6-4;/h1-2H3;1-3H,(H,5,6,7);/q;;+1. The molecule has 0 amide bonds. The van der Waals surface area contributed by atoms with Crippen LogP contribution in [0.25, 0.3) is 0 Å². The number of nitrogens with zero attached hydrogens (tertiary/aromatic N) is 3. The maximum absolute atomic E-state index is 5.68. The van der Waals surface area contributed by atoms with Crippen molar-refractivity contribution in [2.75, 3.05) is 0 Å². The van der Waals surface area contributed by atoms with Crippen LogP contribution in [0, 0.1) is 11.1 Å². The Morgan fingerprint density at radius 2 is 2.18 bits per heavy atom. The van der Waals surface area contributed by atoms with E-state index in [0.29, 0.717) is 15.1 Å². The minimum absolute atomic E-state index is 0. The largest absolute Gasteiger partial charge is 1.00 e. The van der Waals surface area contributed by atoms with Crippen molar-refractivity contribution in [3.05, 3.63) is 39.9 Å². The van der Waals surface area contributed by atoms with Crippen molar-refractivity contribution < 1.29 is 26.9 Å². The van der Waals surface area contributed by atoms with Gasteiger partial charge >= 0.3 is 22.4 Å². The molecule has 96 valence electrons. The second-order valence-corrected chi connectivity index (χ2v) is 3.99. The first-order chi connectivity index (χ1) is 7.52. The van der Waals surface area contributed by atoms with E-state index in [0.717, 1.165) is 0 Å². The zero-order valence-corrected chi connectivity index (χ0v) is 13.5. The number of hydrogen-bond acceptors (Lipinski definition) is 2. The minimum atomic E-state index is 0. The van der Waals surface area contributed by atoms with E-state index in [9.17, 15) is 0 Å². The van der Waals surface area contributed by atoms with Gasteiger partial charge in [0.25, 0.3) is 0 Å². The molecule has 17 heavy (non-hydrogen) atoms. The van der Waals surface area contributed by atoms with Gasteiger partial charge in [-0.25, -0.2) is 4.98 Å². The van der Waals surface area contributed by atoms with Gasteiger partial charge in [-0.05, 0) is 18.3 Å². The molecule has 0 aliphatic rings. The smallest absolute Gasteiger partial charge is 0.337 e. The molecule has 0 bridgehead atoms. The Morgan fingerprint density at radius 1 is 1.53 bits per heavy atom. The molecule has 2 aromatic rings. The quantitative estimate of drug-likeness (QED) is 0.275. The number of H-pyrrole nitrogens is 1. The van der Waals surface area contributed by atoms with E-state index in [1.54, 1.807) is 41.7 Å². The molecule has 2 aromatic heterocycles. The molecule has 0 spiro atoms. The molecule has 0 aliphatic heterocycles. The normalized spacial score (nSPS) is 8.94. The molecule has 2 rings (SSSR count). The Labute approximate surface area is 130 Å². The average molecular weight is 474 g/mol. The van der Waals surface area contributed by atoms with E-state index in [1.807, 2.05) is 0 Å². The third-order valence-corrected chi connectivity index (χ3v) is 2.83. The Hall–Kier alpha value is -0.170. The number of imidazole rings is 1. The van der Waals surface area contributed by atoms with Crippen LogP contribution >= 0.6 is 35.4 Å². The SMILES string of the molecule is Cn1[c-][n+](C)c(Cl)c1Cl.S=c1nccc[nH]1.[Au+]. The summed E-state index contributed by atoms with van der Waals surface area (Å²) in [6.45, 7) is 0. The number of aromatic nitrogens is 4. The maximum Gasteiger partial charge on any atom is 1.00 e. The number of rotatable bonds is 0. The van der Waals surface area contributed by atoms with Crippen molar-refractivity contribution in [2.24, 2.45) is 14.1 Å². The van der Waals surface area contributed by atoms with Gasteiger partial charge in [0.15, 0.2) is 4.77 Å². The molecule has 8 heteroatoms. The minimum Gasteiger partial charge on any atom is -0.337 e. The molecule has 0 radical (unpaired) electrons. The molecule has 0 fully saturated rings. The van der Waals surface area contributed by atoms with Crippen LogP contribution in [0.3, 0.4) is 0 Å². The second kappa shape index (κ2) is 8.02. The summed E-state index contributed by atoms with van der Waals surface area (Å²) in [5.74, 6) is 0. The molecule has 0 aliphatic carbocycles. The topological polar surface area (TPSA) is 37.5 Å².